The predicted molar refractivity (Wildman–Crippen MR) is 103 cm³/mol. The molecule has 128 valence electrons. The second-order valence-electron chi connectivity index (χ2n) is 6.25. The molecule has 3 heteroatoms. The van der Waals surface area contributed by atoms with E-state index in [1.807, 2.05) is 24.5 Å². The van der Waals surface area contributed by atoms with Gasteiger partial charge < -0.3 is 9.64 Å². The topological polar surface area (TPSA) is 25.4 Å². The maximum atomic E-state index is 5.30. The van der Waals surface area contributed by atoms with Crippen LogP contribution in [0.3, 0.4) is 0 Å². The van der Waals surface area contributed by atoms with Crippen LogP contribution in [0.15, 0.2) is 79.1 Å². The van der Waals surface area contributed by atoms with Crippen molar-refractivity contribution in [3.05, 3.63) is 90.3 Å². The fourth-order valence-corrected chi connectivity index (χ4v) is 3.09. The molecule has 0 radical (unpaired) electrons. The van der Waals surface area contributed by atoms with Crippen molar-refractivity contribution in [3.8, 4) is 5.75 Å². The molecule has 0 N–H and O–H groups in total. The molecule has 0 spiro atoms. The smallest absolute Gasteiger partial charge is 0.118 e. The van der Waals surface area contributed by atoms with E-state index in [-0.39, 0.29) is 0 Å². The first-order chi connectivity index (χ1) is 12.3. The third kappa shape index (κ3) is 4.60. The van der Waals surface area contributed by atoms with Crippen LogP contribution in [0.5, 0.6) is 5.75 Å². The molecule has 0 saturated carbocycles. The van der Waals surface area contributed by atoms with Crippen LogP contribution in [0.2, 0.25) is 0 Å². The Kier molecular flexibility index (Phi) is 5.68. The molecule has 3 nitrogen and oxygen atoms in total. The van der Waals surface area contributed by atoms with Crippen LogP contribution >= 0.6 is 0 Å². The molecule has 3 aromatic rings. The molecule has 1 aromatic heterocycles. The van der Waals surface area contributed by atoms with E-state index in [1.54, 1.807) is 7.11 Å². The number of nitrogens with zero attached hydrogens (tertiary/aromatic N) is 2. The van der Waals surface area contributed by atoms with Crippen molar-refractivity contribution in [2.75, 3.05) is 25.6 Å². The molecule has 1 heterocycles. The van der Waals surface area contributed by atoms with Crippen molar-refractivity contribution in [2.24, 2.45) is 0 Å². The second kappa shape index (κ2) is 8.34. The second-order valence-corrected chi connectivity index (χ2v) is 6.25. The van der Waals surface area contributed by atoms with Gasteiger partial charge in [0.2, 0.25) is 0 Å². The molecule has 0 amide bonds. The summed E-state index contributed by atoms with van der Waals surface area (Å²) in [5, 5.41) is 0. The highest BCUT2D eigenvalue weighted by Crippen LogP contribution is 2.26. The van der Waals surface area contributed by atoms with Gasteiger partial charge in [-0.15, -0.1) is 0 Å². The number of methoxy groups -OCH3 is 1. The number of benzene rings is 2. The molecule has 25 heavy (non-hydrogen) atoms. The first-order valence-corrected chi connectivity index (χ1v) is 8.55. The van der Waals surface area contributed by atoms with Crippen LogP contribution in [0.25, 0.3) is 0 Å². The zero-order valence-electron chi connectivity index (χ0n) is 14.8. The van der Waals surface area contributed by atoms with Gasteiger partial charge >= 0.3 is 0 Å². The molecule has 1 atom stereocenters. The lowest BCUT2D eigenvalue weighted by Crippen LogP contribution is -2.25. The number of aromatic nitrogens is 1. The zero-order valence-corrected chi connectivity index (χ0v) is 14.8. The van der Waals surface area contributed by atoms with E-state index >= 15 is 0 Å². The summed E-state index contributed by atoms with van der Waals surface area (Å²) in [6.45, 7) is 0.943. The summed E-state index contributed by atoms with van der Waals surface area (Å²) in [5.74, 6) is 1.28. The largest absolute Gasteiger partial charge is 0.497 e. The first-order valence-electron chi connectivity index (χ1n) is 8.55. The normalized spacial score (nSPS) is 11.8. The van der Waals surface area contributed by atoms with E-state index in [9.17, 15) is 0 Å². The average Bonchev–Trinajstić information content (AvgIpc) is 2.69. The Morgan fingerprint density at radius 3 is 2.24 bits per heavy atom. The third-order valence-corrected chi connectivity index (χ3v) is 4.51. The van der Waals surface area contributed by atoms with E-state index in [0.717, 1.165) is 18.7 Å². The van der Waals surface area contributed by atoms with Crippen molar-refractivity contribution in [2.45, 2.75) is 12.3 Å². The minimum atomic E-state index is 0.388. The van der Waals surface area contributed by atoms with Crippen LogP contribution in [0.1, 0.15) is 17.0 Å². The lowest BCUT2D eigenvalue weighted by molar-refractivity contribution is 0.414. The van der Waals surface area contributed by atoms with E-state index in [2.05, 4.69) is 71.5 Å². The molecule has 0 aliphatic rings. The molecule has 0 aliphatic heterocycles. The summed E-state index contributed by atoms with van der Waals surface area (Å²) in [7, 11) is 3.85. The Balaban J connectivity index is 1.82. The molecule has 0 saturated heterocycles. The van der Waals surface area contributed by atoms with Gasteiger partial charge in [0.1, 0.15) is 5.75 Å². The van der Waals surface area contributed by atoms with Crippen LogP contribution in [0.4, 0.5) is 5.69 Å². The first kappa shape index (κ1) is 17.0. The number of anilines is 1. The lowest BCUT2D eigenvalue weighted by Gasteiger charge is -2.26. The van der Waals surface area contributed by atoms with Gasteiger partial charge in [0, 0.05) is 37.6 Å². The number of para-hydroxylation sites is 1. The van der Waals surface area contributed by atoms with Gasteiger partial charge in [-0.25, -0.2) is 0 Å². The van der Waals surface area contributed by atoms with Gasteiger partial charge in [-0.2, -0.15) is 0 Å². The highest BCUT2D eigenvalue weighted by Gasteiger charge is 2.16. The molecule has 0 bridgehead atoms. The van der Waals surface area contributed by atoms with Gasteiger partial charge in [-0.05, 0) is 53.9 Å². The Labute approximate surface area is 149 Å². The van der Waals surface area contributed by atoms with E-state index in [0.29, 0.717) is 5.92 Å². The van der Waals surface area contributed by atoms with Gasteiger partial charge in [-0.1, -0.05) is 30.3 Å². The summed E-state index contributed by atoms with van der Waals surface area (Å²) in [6.07, 6.45) is 4.70. The van der Waals surface area contributed by atoms with Gasteiger partial charge in [0.15, 0.2) is 0 Å². The predicted octanol–water partition coefficient (Wildman–Crippen LogP) is 4.55. The average molecular weight is 332 g/mol. The summed E-state index contributed by atoms with van der Waals surface area (Å²) in [4.78, 5) is 6.45. The number of hydrogen-bond donors (Lipinski definition) is 0. The quantitative estimate of drug-likeness (QED) is 0.634. The molecule has 1 unspecified atom stereocenters. The standard InChI is InChI=1S/C22H24N2O/c1-24(21-6-4-3-5-7-21)17-20(16-18-12-14-23-15-13-18)19-8-10-22(25-2)11-9-19/h3-15,20H,16-17H2,1-2H3. The van der Waals surface area contributed by atoms with Gasteiger partial charge in [-0.3, -0.25) is 4.98 Å². The molecular weight excluding hydrogens is 308 g/mol. The Hall–Kier alpha value is -2.81. The minimum absolute atomic E-state index is 0.388. The summed E-state index contributed by atoms with van der Waals surface area (Å²) < 4.78 is 5.30. The van der Waals surface area contributed by atoms with Crippen molar-refractivity contribution < 1.29 is 4.74 Å². The van der Waals surface area contributed by atoms with Crippen LogP contribution in [0, 0.1) is 0 Å². The van der Waals surface area contributed by atoms with Gasteiger partial charge in [0.25, 0.3) is 0 Å². The Morgan fingerprint density at radius 1 is 0.920 bits per heavy atom. The van der Waals surface area contributed by atoms with E-state index in [4.69, 9.17) is 4.74 Å². The zero-order chi connectivity index (χ0) is 17.5. The maximum Gasteiger partial charge on any atom is 0.118 e. The fourth-order valence-electron chi connectivity index (χ4n) is 3.09. The van der Waals surface area contributed by atoms with Crippen molar-refractivity contribution in [3.63, 3.8) is 0 Å². The number of ether oxygens (including phenoxy) is 1. The molecule has 3 rings (SSSR count). The van der Waals surface area contributed by atoms with E-state index in [1.165, 1.54) is 16.8 Å². The number of pyridine rings is 1. The Bertz CT molecular complexity index is 757. The molecule has 0 fully saturated rings. The van der Waals surface area contributed by atoms with Crippen LogP contribution < -0.4 is 9.64 Å². The van der Waals surface area contributed by atoms with Crippen LogP contribution in [-0.2, 0) is 6.42 Å². The summed E-state index contributed by atoms with van der Waals surface area (Å²) in [6, 6.07) is 23.1. The maximum absolute atomic E-state index is 5.30. The summed E-state index contributed by atoms with van der Waals surface area (Å²) in [5.41, 5.74) is 3.86. The Morgan fingerprint density at radius 2 is 1.60 bits per heavy atom. The van der Waals surface area contributed by atoms with Crippen molar-refractivity contribution in [1.29, 1.82) is 0 Å². The summed E-state index contributed by atoms with van der Waals surface area (Å²) >= 11 is 0. The number of likely N-dealkylation sites (N-methyl/N-ethyl adjacent to an activating group) is 1. The monoisotopic (exact) mass is 332 g/mol. The van der Waals surface area contributed by atoms with Crippen molar-refractivity contribution >= 4 is 5.69 Å². The molecular formula is C22H24N2O. The SMILES string of the molecule is COc1ccc(C(Cc2ccncc2)CN(C)c2ccccc2)cc1. The number of hydrogen-bond acceptors (Lipinski definition) is 3. The van der Waals surface area contributed by atoms with Crippen LogP contribution in [-0.4, -0.2) is 25.7 Å². The fraction of sp³-hybridized carbons (Fsp3) is 0.227. The highest BCUT2D eigenvalue weighted by atomic mass is 16.5. The minimum Gasteiger partial charge on any atom is -0.497 e. The van der Waals surface area contributed by atoms with E-state index < -0.39 is 0 Å². The number of rotatable bonds is 7. The molecule has 0 aliphatic carbocycles. The highest BCUT2D eigenvalue weighted by molar-refractivity contribution is 5.46. The lowest BCUT2D eigenvalue weighted by atomic mass is 9.91. The van der Waals surface area contributed by atoms with Gasteiger partial charge in [0.05, 0.1) is 7.11 Å². The van der Waals surface area contributed by atoms with Crippen molar-refractivity contribution in [1.82, 2.24) is 4.98 Å². The third-order valence-electron chi connectivity index (χ3n) is 4.51. The molecule has 2 aromatic carbocycles.